The fourth-order valence-corrected chi connectivity index (χ4v) is 7.88. The summed E-state index contributed by atoms with van der Waals surface area (Å²) in [5, 5.41) is 0. The Bertz CT molecular complexity index is 2020. The van der Waals surface area contributed by atoms with E-state index in [-0.39, 0.29) is 30.1 Å². The van der Waals surface area contributed by atoms with Gasteiger partial charge in [-0.05, 0) is 63.4 Å². The average Bonchev–Trinajstić information content (AvgIpc) is 3.26. The van der Waals surface area contributed by atoms with Crippen LogP contribution >= 0.6 is 0 Å². The van der Waals surface area contributed by atoms with E-state index in [1.54, 1.807) is 7.11 Å². The third kappa shape index (κ3) is 10.6. The van der Waals surface area contributed by atoms with E-state index in [1.807, 2.05) is 24.3 Å². The summed E-state index contributed by atoms with van der Waals surface area (Å²) in [5.74, 6) is 0.903. The lowest BCUT2D eigenvalue weighted by Gasteiger charge is -2.47. The summed E-state index contributed by atoms with van der Waals surface area (Å²) in [7, 11) is 1.76. The third-order valence-electron chi connectivity index (χ3n) is 10.9. The summed E-state index contributed by atoms with van der Waals surface area (Å²) in [4.78, 5) is 0. The van der Waals surface area contributed by atoms with Crippen molar-refractivity contribution in [3.05, 3.63) is 208 Å². The number of ether oxygens (including phenoxy) is 5. The van der Waals surface area contributed by atoms with Crippen molar-refractivity contribution in [3.63, 3.8) is 0 Å². The summed E-state index contributed by atoms with van der Waals surface area (Å²) in [5.41, 5.74) is 9.43. The van der Waals surface area contributed by atoms with Gasteiger partial charge in [0.25, 0.3) is 0 Å². The van der Waals surface area contributed by atoms with Crippen molar-refractivity contribution in [2.75, 3.05) is 13.7 Å². The lowest BCUT2D eigenvalue weighted by molar-refractivity contribution is -0.201. The van der Waals surface area contributed by atoms with E-state index in [0.29, 0.717) is 33.0 Å². The minimum atomic E-state index is -0.390. The Hall–Kier alpha value is -5.04. The molecule has 7 rings (SSSR count). The van der Waals surface area contributed by atoms with Gasteiger partial charge in [-0.15, -0.1) is 0 Å². The van der Waals surface area contributed by atoms with Crippen molar-refractivity contribution in [1.29, 1.82) is 0 Å². The van der Waals surface area contributed by atoms with Gasteiger partial charge in [-0.2, -0.15) is 0 Å². The second-order valence-corrected chi connectivity index (χ2v) is 14.8. The molecule has 5 atom stereocenters. The predicted octanol–water partition coefficient (Wildman–Crippen LogP) is 10.9. The molecular weight excluding hydrogens is 693 g/mol. The first kappa shape index (κ1) is 39.2. The number of rotatable bonds is 18. The van der Waals surface area contributed by atoms with Crippen LogP contribution in [0, 0.1) is 5.92 Å². The second kappa shape index (κ2) is 20.2. The maximum atomic E-state index is 7.10. The van der Waals surface area contributed by atoms with E-state index in [0.717, 1.165) is 52.8 Å². The monoisotopic (exact) mass is 746 g/mol. The summed E-state index contributed by atoms with van der Waals surface area (Å²) >= 11 is 0. The maximum Gasteiger partial charge on any atom is 0.122 e. The van der Waals surface area contributed by atoms with Gasteiger partial charge in [0, 0.05) is 18.3 Å². The molecule has 5 nitrogen and oxygen atoms in total. The molecule has 0 bridgehead atoms. The Kier molecular flexibility index (Phi) is 14.2. The molecule has 0 aliphatic heterocycles. The lowest BCUT2D eigenvalue weighted by atomic mass is 9.72. The lowest BCUT2D eigenvalue weighted by Crippen LogP contribution is -2.54. The van der Waals surface area contributed by atoms with E-state index in [1.165, 1.54) is 16.7 Å². The van der Waals surface area contributed by atoms with Crippen molar-refractivity contribution < 1.29 is 23.7 Å². The van der Waals surface area contributed by atoms with Gasteiger partial charge in [0.15, 0.2) is 0 Å². The van der Waals surface area contributed by atoms with Crippen LogP contribution in [0.15, 0.2) is 164 Å². The van der Waals surface area contributed by atoms with Gasteiger partial charge in [-0.3, -0.25) is 0 Å². The average molecular weight is 747 g/mol. The van der Waals surface area contributed by atoms with Crippen LogP contribution in [0.2, 0.25) is 0 Å². The molecule has 0 aromatic heterocycles. The van der Waals surface area contributed by atoms with Crippen molar-refractivity contribution >= 4 is 0 Å². The number of hydrogen-bond donors (Lipinski definition) is 0. The number of benzene rings is 6. The van der Waals surface area contributed by atoms with Crippen LogP contribution in [0.5, 0.6) is 5.75 Å². The molecule has 6 aromatic rings. The van der Waals surface area contributed by atoms with Crippen LogP contribution in [0.3, 0.4) is 0 Å². The van der Waals surface area contributed by atoms with E-state index in [9.17, 15) is 0 Å². The van der Waals surface area contributed by atoms with Crippen LogP contribution in [-0.2, 0) is 58.2 Å². The standard InChI is InChI=1S/C51H54O5/c1-3-38-24-26-39(27-25-38)30-45-31-44(28-29-48(45)52-2)47-32-46(37-53-33-40-16-8-4-9-17-40)49(54-34-41-18-10-5-11-19-41)51(56-36-43-22-14-7-15-23-43)50(47)55-35-42-20-12-6-13-21-42/h4-29,31,46-47,49-51H,3,30,32-37H2,1-2H3. The SMILES string of the molecule is CCc1ccc(Cc2cc(C3CC(COCc4ccccc4)C(OCc4ccccc4)C(OCc4ccccc4)C3OCc3ccccc3)ccc2OC)cc1. The normalized spacial score (nSPS) is 19.4. The van der Waals surface area contributed by atoms with Gasteiger partial charge in [0.05, 0.1) is 52.4 Å². The second-order valence-electron chi connectivity index (χ2n) is 14.8. The van der Waals surface area contributed by atoms with E-state index >= 15 is 0 Å². The van der Waals surface area contributed by atoms with Gasteiger partial charge in [-0.1, -0.05) is 165 Å². The highest BCUT2D eigenvalue weighted by Gasteiger charge is 2.48. The Morgan fingerprint density at radius 3 is 1.48 bits per heavy atom. The molecule has 0 saturated heterocycles. The molecule has 0 spiro atoms. The van der Waals surface area contributed by atoms with Crippen LogP contribution in [0.4, 0.5) is 0 Å². The van der Waals surface area contributed by atoms with Crippen LogP contribution in [0.25, 0.3) is 0 Å². The molecule has 5 heteroatoms. The summed E-state index contributed by atoms with van der Waals surface area (Å²) in [6.45, 7) is 4.60. The Morgan fingerprint density at radius 1 is 0.482 bits per heavy atom. The van der Waals surface area contributed by atoms with Crippen molar-refractivity contribution in [2.45, 2.75) is 76.8 Å². The molecule has 1 fully saturated rings. The molecule has 5 unspecified atom stereocenters. The first-order chi connectivity index (χ1) is 27.7. The zero-order valence-corrected chi connectivity index (χ0v) is 32.7. The van der Waals surface area contributed by atoms with Gasteiger partial charge in [-0.25, -0.2) is 0 Å². The smallest absolute Gasteiger partial charge is 0.122 e. The van der Waals surface area contributed by atoms with Crippen molar-refractivity contribution in [1.82, 2.24) is 0 Å². The highest BCUT2D eigenvalue weighted by atomic mass is 16.6. The topological polar surface area (TPSA) is 46.2 Å². The molecule has 0 amide bonds. The van der Waals surface area contributed by atoms with Crippen LogP contribution in [0.1, 0.15) is 63.8 Å². The molecule has 1 aliphatic rings. The summed E-state index contributed by atoms with van der Waals surface area (Å²) < 4.78 is 33.7. The molecule has 288 valence electrons. The largest absolute Gasteiger partial charge is 0.496 e. The molecule has 1 saturated carbocycles. The molecule has 0 heterocycles. The maximum absolute atomic E-state index is 7.10. The number of methoxy groups -OCH3 is 1. The Morgan fingerprint density at radius 2 is 0.964 bits per heavy atom. The van der Waals surface area contributed by atoms with Crippen LogP contribution in [-0.4, -0.2) is 32.0 Å². The van der Waals surface area contributed by atoms with Crippen molar-refractivity contribution in [2.24, 2.45) is 5.92 Å². The molecule has 0 radical (unpaired) electrons. The third-order valence-corrected chi connectivity index (χ3v) is 10.9. The van der Waals surface area contributed by atoms with Gasteiger partial charge in [0.1, 0.15) is 11.9 Å². The Labute approximate surface area is 333 Å². The molecular formula is C51H54O5. The summed E-state index contributed by atoms with van der Waals surface area (Å²) in [6.07, 6.45) is 1.60. The van der Waals surface area contributed by atoms with Gasteiger partial charge >= 0.3 is 0 Å². The predicted molar refractivity (Wildman–Crippen MR) is 224 cm³/mol. The molecule has 1 aliphatic carbocycles. The van der Waals surface area contributed by atoms with Crippen molar-refractivity contribution in [3.8, 4) is 5.75 Å². The Balaban J connectivity index is 1.27. The number of aryl methyl sites for hydroxylation is 1. The first-order valence-corrected chi connectivity index (χ1v) is 20.0. The first-order valence-electron chi connectivity index (χ1n) is 20.0. The zero-order valence-electron chi connectivity index (χ0n) is 32.7. The quantitative estimate of drug-likeness (QED) is 0.0876. The summed E-state index contributed by atoms with van der Waals surface area (Å²) in [6, 6.07) is 57.2. The van der Waals surface area contributed by atoms with Gasteiger partial charge < -0.3 is 23.7 Å². The van der Waals surface area contributed by atoms with Crippen LogP contribution < -0.4 is 4.74 Å². The number of hydrogen-bond acceptors (Lipinski definition) is 5. The zero-order chi connectivity index (χ0) is 38.4. The highest BCUT2D eigenvalue weighted by Crippen LogP contribution is 2.43. The molecule has 56 heavy (non-hydrogen) atoms. The fourth-order valence-electron chi connectivity index (χ4n) is 7.88. The molecule has 6 aromatic carbocycles. The van der Waals surface area contributed by atoms with Gasteiger partial charge in [0.2, 0.25) is 0 Å². The minimum Gasteiger partial charge on any atom is -0.496 e. The highest BCUT2D eigenvalue weighted by molar-refractivity contribution is 5.43. The van der Waals surface area contributed by atoms with E-state index < -0.39 is 0 Å². The minimum absolute atomic E-state index is 0.00601. The van der Waals surface area contributed by atoms with E-state index in [2.05, 4.69) is 146 Å². The fraction of sp³-hybridized carbons (Fsp3) is 0.294. The van der Waals surface area contributed by atoms with E-state index in [4.69, 9.17) is 23.7 Å². The molecule has 0 N–H and O–H groups in total.